The number of ether oxygens (including phenoxy) is 1. The standard InChI is InChI=1S/C29H31F4N5O2/c1-17-11-23(30)24(34-28(39)20-4-2-3-18(12-20)16-29(31,32)33)15-22(17)21-13-25-35-27(19-5-6-19)36-38(25)26(14-21)37-7-9-40-10-8-37/h11,13-16,19-20H,2-10,12H2,1H3,(H,34,39)/b18-16-. The van der Waals surface area contributed by atoms with Gasteiger partial charge in [0.25, 0.3) is 0 Å². The molecule has 0 bridgehead atoms. The molecule has 11 heteroatoms. The molecule has 1 atom stereocenters. The number of alkyl halides is 3. The van der Waals surface area contributed by atoms with Crippen LogP contribution in [0.3, 0.4) is 0 Å². The quantitative estimate of drug-likeness (QED) is 0.300. The SMILES string of the molecule is Cc1cc(F)c(NC(=O)C2CCC/C(=C/C(F)(F)F)C2)cc1-c1cc(N2CCOCC2)n2nc(C3CC3)nc2c1. The van der Waals surface area contributed by atoms with Crippen molar-refractivity contribution >= 4 is 23.1 Å². The number of hydrogen-bond acceptors (Lipinski definition) is 5. The van der Waals surface area contributed by atoms with Gasteiger partial charge in [0.1, 0.15) is 11.6 Å². The summed E-state index contributed by atoms with van der Waals surface area (Å²) < 4.78 is 61.0. The maximum absolute atomic E-state index is 15.1. The average molecular weight is 558 g/mol. The molecule has 1 unspecified atom stereocenters. The zero-order chi connectivity index (χ0) is 28.0. The predicted octanol–water partition coefficient (Wildman–Crippen LogP) is 6.18. The molecule has 1 aliphatic heterocycles. The molecule has 7 nitrogen and oxygen atoms in total. The van der Waals surface area contributed by atoms with Crippen molar-refractivity contribution in [1.82, 2.24) is 14.6 Å². The summed E-state index contributed by atoms with van der Waals surface area (Å²) in [6.45, 7) is 4.41. The van der Waals surface area contributed by atoms with Crippen molar-refractivity contribution < 1.29 is 27.1 Å². The van der Waals surface area contributed by atoms with Gasteiger partial charge in [-0.1, -0.05) is 5.57 Å². The monoisotopic (exact) mass is 557 g/mol. The summed E-state index contributed by atoms with van der Waals surface area (Å²) in [4.78, 5) is 20.0. The zero-order valence-corrected chi connectivity index (χ0v) is 22.2. The number of amides is 1. The lowest BCUT2D eigenvalue weighted by Gasteiger charge is -2.29. The van der Waals surface area contributed by atoms with E-state index < -0.39 is 23.8 Å². The number of aromatic nitrogens is 3. The van der Waals surface area contributed by atoms with E-state index in [9.17, 15) is 18.0 Å². The molecule has 3 aliphatic rings. The minimum Gasteiger partial charge on any atom is -0.378 e. The van der Waals surface area contributed by atoms with Crippen LogP contribution in [0.25, 0.3) is 16.8 Å². The Bertz CT molecular complexity index is 1470. The van der Waals surface area contributed by atoms with Gasteiger partial charge < -0.3 is 15.0 Å². The van der Waals surface area contributed by atoms with E-state index in [1.807, 2.05) is 16.6 Å². The molecule has 1 aromatic carbocycles. The van der Waals surface area contributed by atoms with E-state index in [4.69, 9.17) is 14.8 Å². The molecule has 2 aromatic heterocycles. The average Bonchev–Trinajstić information content (AvgIpc) is 3.68. The van der Waals surface area contributed by atoms with Crippen LogP contribution in [0.4, 0.5) is 29.1 Å². The van der Waals surface area contributed by atoms with Gasteiger partial charge in [-0.05, 0) is 86.4 Å². The fourth-order valence-electron chi connectivity index (χ4n) is 5.67. The van der Waals surface area contributed by atoms with Crippen molar-refractivity contribution in [3.8, 4) is 11.1 Å². The van der Waals surface area contributed by atoms with Crippen molar-refractivity contribution in [3.63, 3.8) is 0 Å². The summed E-state index contributed by atoms with van der Waals surface area (Å²) in [5.74, 6) is 0.355. The van der Waals surface area contributed by atoms with Gasteiger partial charge >= 0.3 is 6.18 Å². The Kier molecular flexibility index (Phi) is 7.02. The second kappa shape index (κ2) is 10.5. The number of aryl methyl sites for hydroxylation is 1. The third kappa shape index (κ3) is 5.70. The number of nitrogens with zero attached hydrogens (tertiary/aromatic N) is 4. The summed E-state index contributed by atoms with van der Waals surface area (Å²) in [6, 6.07) is 6.90. The number of fused-ring (bicyclic) bond motifs is 1. The minimum atomic E-state index is -4.42. The van der Waals surface area contributed by atoms with Gasteiger partial charge in [-0.25, -0.2) is 9.37 Å². The van der Waals surface area contributed by atoms with Gasteiger partial charge in [0, 0.05) is 31.0 Å². The lowest BCUT2D eigenvalue weighted by atomic mass is 9.84. The van der Waals surface area contributed by atoms with Crippen LogP contribution in [0.15, 0.2) is 35.9 Å². The van der Waals surface area contributed by atoms with Crippen molar-refractivity contribution in [2.45, 2.75) is 57.5 Å². The van der Waals surface area contributed by atoms with E-state index in [1.54, 1.807) is 13.0 Å². The van der Waals surface area contributed by atoms with E-state index in [-0.39, 0.29) is 17.7 Å². The molecule has 0 spiro atoms. The molecule has 0 radical (unpaired) electrons. The number of carbonyl (C=O) groups excluding carboxylic acids is 1. The van der Waals surface area contributed by atoms with E-state index in [1.165, 1.54) is 6.07 Å². The van der Waals surface area contributed by atoms with Gasteiger partial charge in [-0.3, -0.25) is 4.79 Å². The molecule has 1 N–H and O–H groups in total. The van der Waals surface area contributed by atoms with Crippen molar-refractivity contribution in [3.05, 3.63) is 53.1 Å². The molecule has 6 rings (SSSR count). The van der Waals surface area contributed by atoms with Crippen molar-refractivity contribution in [2.75, 3.05) is 36.5 Å². The third-order valence-corrected chi connectivity index (χ3v) is 7.89. The molecule has 3 heterocycles. The second-order valence-corrected chi connectivity index (χ2v) is 11.0. The lowest BCUT2D eigenvalue weighted by Crippen LogP contribution is -2.37. The molecular formula is C29H31F4N5O2. The van der Waals surface area contributed by atoms with Crippen molar-refractivity contribution in [1.29, 1.82) is 0 Å². The number of nitrogens with one attached hydrogen (secondary N) is 1. The van der Waals surface area contributed by atoms with E-state index in [0.717, 1.165) is 35.6 Å². The molecule has 1 saturated heterocycles. The maximum Gasteiger partial charge on any atom is 0.409 e. The van der Waals surface area contributed by atoms with Gasteiger partial charge in [0.05, 0.1) is 18.9 Å². The molecule has 2 aliphatic carbocycles. The maximum atomic E-state index is 15.1. The predicted molar refractivity (Wildman–Crippen MR) is 143 cm³/mol. The Balaban J connectivity index is 1.32. The van der Waals surface area contributed by atoms with Crippen LogP contribution in [0.5, 0.6) is 0 Å². The molecular weight excluding hydrogens is 526 g/mol. The molecule has 3 aromatic rings. The second-order valence-electron chi connectivity index (χ2n) is 11.0. The van der Waals surface area contributed by atoms with Crippen LogP contribution >= 0.6 is 0 Å². The zero-order valence-electron chi connectivity index (χ0n) is 22.2. The first-order chi connectivity index (χ1) is 19.1. The van der Waals surface area contributed by atoms with Gasteiger partial charge in [0.15, 0.2) is 11.5 Å². The van der Waals surface area contributed by atoms with E-state index >= 15 is 4.39 Å². The highest BCUT2D eigenvalue weighted by molar-refractivity contribution is 5.94. The van der Waals surface area contributed by atoms with Crippen LogP contribution in [-0.2, 0) is 9.53 Å². The normalized spacial score (nSPS) is 21.3. The smallest absolute Gasteiger partial charge is 0.378 e. The van der Waals surface area contributed by atoms with Crippen LogP contribution in [0.1, 0.15) is 55.8 Å². The molecule has 1 amide bonds. The number of hydrogen-bond donors (Lipinski definition) is 1. The Morgan fingerprint density at radius 1 is 1.12 bits per heavy atom. The summed E-state index contributed by atoms with van der Waals surface area (Å²) in [5.41, 5.74) is 3.12. The molecule has 2 saturated carbocycles. The number of pyridine rings is 1. The number of rotatable bonds is 5. The number of benzene rings is 1. The fourth-order valence-corrected chi connectivity index (χ4v) is 5.67. The molecule has 40 heavy (non-hydrogen) atoms. The Hall–Kier alpha value is -3.47. The molecule has 212 valence electrons. The highest BCUT2D eigenvalue weighted by Crippen LogP contribution is 2.40. The van der Waals surface area contributed by atoms with Crippen LogP contribution in [0, 0.1) is 18.7 Å². The summed E-state index contributed by atoms with van der Waals surface area (Å²) in [5, 5.41) is 7.45. The minimum absolute atomic E-state index is 0.00505. The Morgan fingerprint density at radius 3 is 2.62 bits per heavy atom. The topological polar surface area (TPSA) is 71.8 Å². The highest BCUT2D eigenvalue weighted by Gasteiger charge is 2.31. The number of anilines is 2. The van der Waals surface area contributed by atoms with E-state index in [2.05, 4.69) is 10.2 Å². The summed E-state index contributed by atoms with van der Waals surface area (Å²) in [7, 11) is 0. The Labute approximate surface area is 229 Å². The molecule has 3 fully saturated rings. The van der Waals surface area contributed by atoms with Gasteiger partial charge in [-0.15, -0.1) is 5.10 Å². The summed E-state index contributed by atoms with van der Waals surface area (Å²) in [6.07, 6.45) is -0.720. The number of carbonyl (C=O) groups is 1. The van der Waals surface area contributed by atoms with E-state index in [0.29, 0.717) is 68.8 Å². The number of halogens is 4. The van der Waals surface area contributed by atoms with Gasteiger partial charge in [-0.2, -0.15) is 17.7 Å². The number of allylic oxidation sites excluding steroid dienone is 2. The van der Waals surface area contributed by atoms with Crippen LogP contribution < -0.4 is 10.2 Å². The van der Waals surface area contributed by atoms with Crippen LogP contribution in [-0.4, -0.2) is 53.0 Å². The number of morpholine rings is 1. The van der Waals surface area contributed by atoms with Crippen LogP contribution in [0.2, 0.25) is 0 Å². The van der Waals surface area contributed by atoms with Gasteiger partial charge in [0.2, 0.25) is 5.91 Å². The largest absolute Gasteiger partial charge is 0.409 e. The van der Waals surface area contributed by atoms with Crippen molar-refractivity contribution in [2.24, 2.45) is 5.92 Å². The fraction of sp³-hybridized carbons (Fsp3) is 0.483. The highest BCUT2D eigenvalue weighted by atomic mass is 19.4. The first-order valence-electron chi connectivity index (χ1n) is 13.8. The summed E-state index contributed by atoms with van der Waals surface area (Å²) >= 11 is 0. The first-order valence-corrected chi connectivity index (χ1v) is 13.8. The Morgan fingerprint density at radius 2 is 1.90 bits per heavy atom. The lowest BCUT2D eigenvalue weighted by molar-refractivity contribution is -0.120. The third-order valence-electron chi connectivity index (χ3n) is 7.89. The first kappa shape index (κ1) is 26.7.